The van der Waals surface area contributed by atoms with Gasteiger partial charge in [-0.05, 0) is 49.9 Å². The molecule has 90 valence electrons. The summed E-state index contributed by atoms with van der Waals surface area (Å²) in [5.74, 6) is 0.819. The molecule has 0 aliphatic heterocycles. The average Bonchev–Trinajstić information content (AvgIpc) is 2.16. The second kappa shape index (κ2) is 5.34. The van der Waals surface area contributed by atoms with Crippen LogP contribution in [0.1, 0.15) is 13.8 Å². The predicted octanol–water partition coefficient (Wildman–Crippen LogP) is 3.25. The Kier molecular flexibility index (Phi) is 4.59. The highest BCUT2D eigenvalue weighted by molar-refractivity contribution is 9.10. The van der Waals surface area contributed by atoms with Crippen molar-refractivity contribution in [3.05, 3.63) is 21.8 Å². The number of nitrogens with one attached hydrogen (secondary N) is 1. The topological polar surface area (TPSA) is 28.2 Å². The van der Waals surface area contributed by atoms with E-state index >= 15 is 0 Å². The van der Waals surface area contributed by atoms with E-state index in [1.165, 1.54) is 0 Å². The molecule has 16 heavy (non-hydrogen) atoms. The number of nitrogens with zero attached hydrogens (tertiary/aromatic N) is 2. The lowest BCUT2D eigenvalue weighted by molar-refractivity contribution is 0.210. The maximum absolute atomic E-state index is 5.83. The summed E-state index contributed by atoms with van der Waals surface area (Å²) in [5.41, 5.74) is 0.0702. The standard InChI is InChI=1S/C11H17BrClN3/c1-11(2,16(3)4)7-15-10-9(12)5-8(13)6-14-10/h5-6H,7H2,1-4H3,(H,14,15). The lowest BCUT2D eigenvalue weighted by Crippen LogP contribution is -2.44. The van der Waals surface area contributed by atoms with Gasteiger partial charge >= 0.3 is 0 Å². The van der Waals surface area contributed by atoms with Crippen LogP contribution in [0.3, 0.4) is 0 Å². The van der Waals surface area contributed by atoms with Crippen molar-refractivity contribution in [2.45, 2.75) is 19.4 Å². The van der Waals surface area contributed by atoms with Crippen molar-refractivity contribution in [2.24, 2.45) is 0 Å². The van der Waals surface area contributed by atoms with Crippen molar-refractivity contribution in [3.8, 4) is 0 Å². The second-order valence-corrected chi connectivity index (χ2v) is 5.84. The summed E-state index contributed by atoms with van der Waals surface area (Å²) in [6.07, 6.45) is 1.64. The van der Waals surface area contributed by atoms with Crippen molar-refractivity contribution in [2.75, 3.05) is 26.0 Å². The number of anilines is 1. The summed E-state index contributed by atoms with van der Waals surface area (Å²) >= 11 is 9.26. The molecular formula is C11H17BrClN3. The van der Waals surface area contributed by atoms with Gasteiger partial charge in [-0.1, -0.05) is 11.6 Å². The molecule has 0 aliphatic rings. The molecule has 0 aliphatic carbocycles. The number of hydrogen-bond acceptors (Lipinski definition) is 3. The fourth-order valence-electron chi connectivity index (χ4n) is 1.00. The fourth-order valence-corrected chi connectivity index (χ4v) is 1.78. The van der Waals surface area contributed by atoms with Gasteiger partial charge in [-0.25, -0.2) is 4.98 Å². The summed E-state index contributed by atoms with van der Waals surface area (Å²) in [6, 6.07) is 1.83. The molecule has 0 saturated carbocycles. The average molecular weight is 307 g/mol. The lowest BCUT2D eigenvalue weighted by Gasteiger charge is -2.32. The van der Waals surface area contributed by atoms with Crippen LogP contribution in [0.2, 0.25) is 5.02 Å². The van der Waals surface area contributed by atoms with Gasteiger partial charge in [-0.3, -0.25) is 0 Å². The Bertz CT molecular complexity index is 366. The second-order valence-electron chi connectivity index (χ2n) is 4.54. The minimum absolute atomic E-state index is 0.0702. The first-order chi connectivity index (χ1) is 7.33. The van der Waals surface area contributed by atoms with E-state index in [9.17, 15) is 0 Å². The Morgan fingerprint density at radius 3 is 2.62 bits per heavy atom. The zero-order chi connectivity index (χ0) is 12.3. The maximum Gasteiger partial charge on any atom is 0.140 e. The number of rotatable bonds is 4. The van der Waals surface area contributed by atoms with Crippen molar-refractivity contribution < 1.29 is 0 Å². The van der Waals surface area contributed by atoms with E-state index in [2.05, 4.69) is 59.1 Å². The van der Waals surface area contributed by atoms with Gasteiger partial charge in [0.1, 0.15) is 5.82 Å². The minimum Gasteiger partial charge on any atom is -0.367 e. The van der Waals surface area contributed by atoms with Gasteiger partial charge in [0, 0.05) is 18.3 Å². The van der Waals surface area contributed by atoms with E-state index in [1.807, 2.05) is 6.07 Å². The first kappa shape index (κ1) is 13.7. The van der Waals surface area contributed by atoms with E-state index in [4.69, 9.17) is 11.6 Å². The van der Waals surface area contributed by atoms with Gasteiger partial charge in [0.2, 0.25) is 0 Å². The van der Waals surface area contributed by atoms with Gasteiger partial charge < -0.3 is 10.2 Å². The van der Waals surface area contributed by atoms with Crippen LogP contribution in [0, 0.1) is 0 Å². The molecule has 0 spiro atoms. The molecule has 0 atom stereocenters. The Morgan fingerprint density at radius 2 is 2.12 bits per heavy atom. The molecule has 0 unspecified atom stereocenters. The zero-order valence-corrected chi connectivity index (χ0v) is 12.4. The molecule has 5 heteroatoms. The van der Waals surface area contributed by atoms with E-state index in [-0.39, 0.29) is 5.54 Å². The SMILES string of the molecule is CN(C)C(C)(C)CNc1ncc(Cl)cc1Br. The van der Waals surface area contributed by atoms with Crippen LogP contribution in [0.15, 0.2) is 16.7 Å². The van der Waals surface area contributed by atoms with Gasteiger partial charge in [0.15, 0.2) is 0 Å². The third-order valence-electron chi connectivity index (χ3n) is 2.71. The normalized spacial score (nSPS) is 11.9. The fraction of sp³-hybridized carbons (Fsp3) is 0.545. The van der Waals surface area contributed by atoms with E-state index in [0.717, 1.165) is 16.8 Å². The summed E-state index contributed by atoms with van der Waals surface area (Å²) in [7, 11) is 4.12. The van der Waals surface area contributed by atoms with Gasteiger partial charge in [0.05, 0.1) is 9.50 Å². The molecule has 0 radical (unpaired) electrons. The van der Waals surface area contributed by atoms with Crippen LogP contribution in [0.4, 0.5) is 5.82 Å². The third kappa shape index (κ3) is 3.61. The Labute approximate surface area is 110 Å². The number of pyridine rings is 1. The Balaban J connectivity index is 2.68. The molecule has 0 aromatic carbocycles. The first-order valence-corrected chi connectivity index (χ1v) is 6.22. The highest BCUT2D eigenvalue weighted by Gasteiger charge is 2.20. The Morgan fingerprint density at radius 1 is 1.50 bits per heavy atom. The largest absolute Gasteiger partial charge is 0.367 e. The zero-order valence-electron chi connectivity index (χ0n) is 10.0. The molecule has 0 amide bonds. The van der Waals surface area contributed by atoms with E-state index < -0.39 is 0 Å². The highest BCUT2D eigenvalue weighted by atomic mass is 79.9. The molecule has 0 saturated heterocycles. The van der Waals surface area contributed by atoms with Crippen LogP contribution in [0.25, 0.3) is 0 Å². The van der Waals surface area contributed by atoms with Gasteiger partial charge in [0.25, 0.3) is 0 Å². The number of aromatic nitrogens is 1. The third-order valence-corrected chi connectivity index (χ3v) is 3.52. The molecule has 1 N–H and O–H groups in total. The van der Waals surface area contributed by atoms with Crippen molar-refractivity contribution in [3.63, 3.8) is 0 Å². The number of halogens is 2. The summed E-state index contributed by atoms with van der Waals surface area (Å²) in [5, 5.41) is 3.93. The molecule has 0 bridgehead atoms. The molecule has 1 aromatic rings. The van der Waals surface area contributed by atoms with Crippen LogP contribution in [-0.2, 0) is 0 Å². The van der Waals surface area contributed by atoms with Crippen LogP contribution < -0.4 is 5.32 Å². The van der Waals surface area contributed by atoms with Crippen LogP contribution >= 0.6 is 27.5 Å². The molecule has 3 nitrogen and oxygen atoms in total. The predicted molar refractivity (Wildman–Crippen MR) is 73.2 cm³/mol. The number of hydrogen-bond donors (Lipinski definition) is 1. The summed E-state index contributed by atoms with van der Waals surface area (Å²) in [6.45, 7) is 5.15. The number of likely N-dealkylation sites (N-methyl/N-ethyl adjacent to an activating group) is 1. The molecule has 1 rings (SSSR count). The first-order valence-electron chi connectivity index (χ1n) is 5.05. The van der Waals surface area contributed by atoms with E-state index in [1.54, 1.807) is 6.20 Å². The quantitative estimate of drug-likeness (QED) is 0.925. The maximum atomic E-state index is 5.83. The van der Waals surface area contributed by atoms with Crippen molar-refractivity contribution >= 4 is 33.3 Å². The smallest absolute Gasteiger partial charge is 0.140 e. The molecule has 1 aromatic heterocycles. The molecule has 0 fully saturated rings. The summed E-state index contributed by atoms with van der Waals surface area (Å²) in [4.78, 5) is 6.40. The van der Waals surface area contributed by atoms with Crippen molar-refractivity contribution in [1.82, 2.24) is 9.88 Å². The van der Waals surface area contributed by atoms with Crippen molar-refractivity contribution in [1.29, 1.82) is 0 Å². The van der Waals surface area contributed by atoms with Gasteiger partial charge in [-0.15, -0.1) is 0 Å². The van der Waals surface area contributed by atoms with Gasteiger partial charge in [-0.2, -0.15) is 0 Å². The highest BCUT2D eigenvalue weighted by Crippen LogP contribution is 2.23. The molecule has 1 heterocycles. The van der Waals surface area contributed by atoms with E-state index in [0.29, 0.717) is 5.02 Å². The monoisotopic (exact) mass is 305 g/mol. The van der Waals surface area contributed by atoms with Crippen LogP contribution in [-0.4, -0.2) is 36.1 Å². The summed E-state index contributed by atoms with van der Waals surface area (Å²) < 4.78 is 0.884. The van der Waals surface area contributed by atoms with Crippen LogP contribution in [0.5, 0.6) is 0 Å². The Hall–Kier alpha value is -0.320. The lowest BCUT2D eigenvalue weighted by atomic mass is 10.0. The molecular weight excluding hydrogens is 289 g/mol. The minimum atomic E-state index is 0.0702.